The van der Waals surface area contributed by atoms with E-state index in [1.165, 1.54) is 11.3 Å². The minimum Gasteiger partial charge on any atom is -0.326 e. The van der Waals surface area contributed by atoms with Crippen molar-refractivity contribution >= 4 is 34.0 Å². The van der Waals surface area contributed by atoms with Gasteiger partial charge in [-0.15, -0.1) is 11.3 Å². The standard InChI is InChI=1S/C18H19N3O2S/c22-16-8-6-12-9-13(5-7-14(12)19-16)15-10-24-18(20-15)21-17(23)11-3-1-2-4-11/h5,7,9-11H,1-4,6,8H2,(H,19,22)(H,20,21,23). The number of benzene rings is 1. The van der Waals surface area contributed by atoms with Gasteiger partial charge in [-0.1, -0.05) is 18.9 Å². The van der Waals surface area contributed by atoms with Crippen LogP contribution < -0.4 is 10.6 Å². The van der Waals surface area contributed by atoms with Gasteiger partial charge in [-0.3, -0.25) is 9.59 Å². The maximum atomic E-state index is 12.2. The third-order valence-electron chi connectivity index (χ3n) is 4.76. The zero-order valence-corrected chi connectivity index (χ0v) is 14.1. The lowest BCUT2D eigenvalue weighted by molar-refractivity contribution is -0.119. The van der Waals surface area contributed by atoms with E-state index in [-0.39, 0.29) is 17.7 Å². The summed E-state index contributed by atoms with van der Waals surface area (Å²) in [5.41, 5.74) is 3.90. The van der Waals surface area contributed by atoms with Crippen LogP contribution in [0.2, 0.25) is 0 Å². The fourth-order valence-corrected chi connectivity index (χ4v) is 4.12. The number of amides is 2. The number of aromatic nitrogens is 1. The van der Waals surface area contributed by atoms with Crippen LogP contribution in [-0.2, 0) is 16.0 Å². The second-order valence-corrected chi connectivity index (χ2v) is 7.29. The Bertz CT molecular complexity index is 793. The van der Waals surface area contributed by atoms with Crippen LogP contribution in [0.4, 0.5) is 10.8 Å². The SMILES string of the molecule is O=C1CCc2cc(-c3csc(NC(=O)C4CCCC4)n3)ccc2N1. The molecule has 0 atom stereocenters. The monoisotopic (exact) mass is 341 g/mol. The molecule has 0 bridgehead atoms. The molecular formula is C18H19N3O2S. The Labute approximate surface area is 144 Å². The van der Waals surface area contributed by atoms with E-state index in [4.69, 9.17) is 0 Å². The van der Waals surface area contributed by atoms with E-state index in [9.17, 15) is 9.59 Å². The summed E-state index contributed by atoms with van der Waals surface area (Å²) in [4.78, 5) is 28.2. The van der Waals surface area contributed by atoms with Crippen LogP contribution in [-0.4, -0.2) is 16.8 Å². The zero-order chi connectivity index (χ0) is 16.5. The number of carbonyl (C=O) groups excluding carboxylic acids is 2. The summed E-state index contributed by atoms with van der Waals surface area (Å²) >= 11 is 1.46. The van der Waals surface area contributed by atoms with E-state index < -0.39 is 0 Å². The lowest BCUT2D eigenvalue weighted by Crippen LogP contribution is -2.20. The zero-order valence-electron chi connectivity index (χ0n) is 13.3. The first-order chi connectivity index (χ1) is 11.7. The number of rotatable bonds is 3. The maximum Gasteiger partial charge on any atom is 0.229 e. The second-order valence-electron chi connectivity index (χ2n) is 6.43. The highest BCUT2D eigenvalue weighted by Gasteiger charge is 2.23. The van der Waals surface area contributed by atoms with Gasteiger partial charge < -0.3 is 10.6 Å². The summed E-state index contributed by atoms with van der Waals surface area (Å²) in [5.74, 6) is 0.312. The van der Waals surface area contributed by atoms with Gasteiger partial charge >= 0.3 is 0 Å². The predicted molar refractivity (Wildman–Crippen MR) is 95.1 cm³/mol. The Kier molecular flexibility index (Phi) is 4.06. The largest absolute Gasteiger partial charge is 0.326 e. The van der Waals surface area contributed by atoms with Crippen LogP contribution >= 0.6 is 11.3 Å². The van der Waals surface area contributed by atoms with Crippen LogP contribution in [0.5, 0.6) is 0 Å². The van der Waals surface area contributed by atoms with E-state index in [1.807, 2.05) is 17.5 Å². The molecule has 2 N–H and O–H groups in total. The number of carbonyl (C=O) groups is 2. The Morgan fingerprint density at radius 2 is 2.08 bits per heavy atom. The molecule has 1 saturated carbocycles. The highest BCUT2D eigenvalue weighted by atomic mass is 32.1. The molecule has 0 spiro atoms. The van der Waals surface area contributed by atoms with Crippen molar-refractivity contribution in [3.8, 4) is 11.3 Å². The highest BCUT2D eigenvalue weighted by Crippen LogP contribution is 2.31. The number of fused-ring (bicyclic) bond motifs is 1. The molecule has 0 saturated heterocycles. The Morgan fingerprint density at radius 3 is 2.92 bits per heavy atom. The first-order valence-corrected chi connectivity index (χ1v) is 9.26. The average molecular weight is 341 g/mol. The van der Waals surface area contributed by atoms with E-state index in [1.54, 1.807) is 0 Å². The predicted octanol–water partition coefficient (Wildman–Crippen LogP) is 3.82. The topological polar surface area (TPSA) is 71.1 Å². The molecule has 1 fully saturated rings. The number of nitrogens with zero attached hydrogens (tertiary/aromatic N) is 1. The van der Waals surface area contributed by atoms with Gasteiger partial charge in [0.05, 0.1) is 5.69 Å². The lowest BCUT2D eigenvalue weighted by Gasteiger charge is -2.17. The van der Waals surface area contributed by atoms with E-state index in [2.05, 4.69) is 21.7 Å². The molecule has 1 aromatic heterocycles. The Balaban J connectivity index is 1.50. The number of thiazole rings is 1. The molecule has 2 amide bonds. The molecule has 2 aromatic rings. The van der Waals surface area contributed by atoms with E-state index in [0.717, 1.165) is 54.6 Å². The van der Waals surface area contributed by atoms with Gasteiger partial charge in [0, 0.05) is 29.0 Å². The highest BCUT2D eigenvalue weighted by molar-refractivity contribution is 7.14. The third-order valence-corrected chi connectivity index (χ3v) is 5.51. The van der Waals surface area contributed by atoms with Gasteiger partial charge in [-0.2, -0.15) is 0 Å². The fraction of sp³-hybridized carbons (Fsp3) is 0.389. The molecule has 2 aliphatic rings. The summed E-state index contributed by atoms with van der Waals surface area (Å²) in [6.45, 7) is 0. The van der Waals surface area contributed by atoms with Crippen molar-refractivity contribution in [3.63, 3.8) is 0 Å². The summed E-state index contributed by atoms with van der Waals surface area (Å²) in [5, 5.41) is 8.47. The van der Waals surface area contributed by atoms with Crippen molar-refractivity contribution in [1.29, 1.82) is 0 Å². The maximum absolute atomic E-state index is 12.2. The summed E-state index contributed by atoms with van der Waals surface area (Å²) < 4.78 is 0. The Hall–Kier alpha value is -2.21. The minimum atomic E-state index is 0.0702. The first kappa shape index (κ1) is 15.3. The summed E-state index contributed by atoms with van der Waals surface area (Å²) in [6, 6.07) is 5.96. The molecule has 6 heteroatoms. The van der Waals surface area contributed by atoms with E-state index >= 15 is 0 Å². The molecule has 24 heavy (non-hydrogen) atoms. The van der Waals surface area contributed by atoms with Crippen LogP contribution in [0.25, 0.3) is 11.3 Å². The van der Waals surface area contributed by atoms with Crippen molar-refractivity contribution in [2.24, 2.45) is 5.92 Å². The van der Waals surface area contributed by atoms with Gasteiger partial charge in [-0.25, -0.2) is 4.98 Å². The summed E-state index contributed by atoms with van der Waals surface area (Å²) in [7, 11) is 0. The summed E-state index contributed by atoms with van der Waals surface area (Å²) in [6.07, 6.45) is 5.54. The minimum absolute atomic E-state index is 0.0702. The van der Waals surface area contributed by atoms with Crippen LogP contribution in [0, 0.1) is 5.92 Å². The fourth-order valence-electron chi connectivity index (χ4n) is 3.40. The van der Waals surface area contributed by atoms with Crippen LogP contribution in [0.3, 0.4) is 0 Å². The number of anilines is 2. The number of hydrogen-bond donors (Lipinski definition) is 2. The molecule has 0 radical (unpaired) electrons. The van der Waals surface area contributed by atoms with Gasteiger partial charge in [0.15, 0.2) is 5.13 Å². The third kappa shape index (κ3) is 3.06. The van der Waals surface area contributed by atoms with Crippen molar-refractivity contribution in [1.82, 2.24) is 4.98 Å². The normalized spacial score (nSPS) is 17.4. The molecule has 0 unspecified atom stereocenters. The average Bonchev–Trinajstić information content (AvgIpc) is 3.26. The van der Waals surface area contributed by atoms with Crippen molar-refractivity contribution in [2.75, 3.05) is 10.6 Å². The number of nitrogens with one attached hydrogen (secondary N) is 2. The molecule has 5 nitrogen and oxygen atoms in total. The van der Waals surface area contributed by atoms with E-state index in [0.29, 0.717) is 11.6 Å². The van der Waals surface area contributed by atoms with Crippen LogP contribution in [0.15, 0.2) is 23.6 Å². The number of hydrogen-bond acceptors (Lipinski definition) is 4. The van der Waals surface area contributed by atoms with Crippen molar-refractivity contribution in [3.05, 3.63) is 29.1 Å². The van der Waals surface area contributed by atoms with Gasteiger partial charge in [0.1, 0.15) is 0 Å². The number of aryl methyl sites for hydroxylation is 1. The second kappa shape index (κ2) is 6.36. The van der Waals surface area contributed by atoms with Gasteiger partial charge in [-0.05, 0) is 37.0 Å². The van der Waals surface area contributed by atoms with Crippen molar-refractivity contribution in [2.45, 2.75) is 38.5 Å². The lowest BCUT2D eigenvalue weighted by atomic mass is 9.99. The smallest absolute Gasteiger partial charge is 0.229 e. The molecule has 1 aromatic carbocycles. The van der Waals surface area contributed by atoms with Gasteiger partial charge in [0.25, 0.3) is 0 Å². The van der Waals surface area contributed by atoms with Crippen molar-refractivity contribution < 1.29 is 9.59 Å². The first-order valence-electron chi connectivity index (χ1n) is 8.38. The Morgan fingerprint density at radius 1 is 1.25 bits per heavy atom. The molecule has 4 rings (SSSR count). The quantitative estimate of drug-likeness (QED) is 0.891. The molecule has 124 valence electrons. The molecule has 1 aliphatic heterocycles. The molecular weight excluding hydrogens is 322 g/mol. The van der Waals surface area contributed by atoms with Gasteiger partial charge in [0.2, 0.25) is 11.8 Å². The van der Waals surface area contributed by atoms with Crippen LogP contribution in [0.1, 0.15) is 37.7 Å². The molecule has 2 heterocycles. The molecule has 1 aliphatic carbocycles.